The van der Waals surface area contributed by atoms with E-state index in [1.807, 2.05) is 0 Å². The number of nitro benzene ring substituents is 1. The molecule has 2 rings (SSSR count). The van der Waals surface area contributed by atoms with Gasteiger partial charge in [-0.15, -0.1) is 0 Å². The van der Waals surface area contributed by atoms with E-state index in [4.69, 9.17) is 14.2 Å². The summed E-state index contributed by atoms with van der Waals surface area (Å²) < 4.78 is 15.3. The van der Waals surface area contributed by atoms with Crippen molar-refractivity contribution in [3.8, 4) is 11.5 Å². The lowest BCUT2D eigenvalue weighted by molar-refractivity contribution is -0.384. The normalized spacial score (nSPS) is 10.0. The van der Waals surface area contributed by atoms with Gasteiger partial charge in [0.2, 0.25) is 0 Å². The lowest BCUT2D eigenvalue weighted by Crippen LogP contribution is -2.32. The smallest absolute Gasteiger partial charge is 0.346 e. The van der Waals surface area contributed by atoms with E-state index in [-0.39, 0.29) is 29.3 Å². The van der Waals surface area contributed by atoms with E-state index in [2.05, 4.69) is 10.6 Å². The molecule has 0 fully saturated rings. The van der Waals surface area contributed by atoms with Gasteiger partial charge in [0.25, 0.3) is 11.6 Å². The van der Waals surface area contributed by atoms with Crippen LogP contribution in [-0.4, -0.2) is 50.7 Å². The maximum Gasteiger partial charge on any atom is 0.346 e. The maximum atomic E-state index is 12.3. The Bertz CT molecular complexity index is 846. The van der Waals surface area contributed by atoms with Gasteiger partial charge < -0.3 is 24.8 Å². The first-order valence-corrected chi connectivity index (χ1v) is 8.59. The van der Waals surface area contributed by atoms with Gasteiger partial charge in [-0.25, -0.2) is 4.79 Å². The summed E-state index contributed by atoms with van der Waals surface area (Å²) in [4.78, 5) is 34.3. The summed E-state index contributed by atoms with van der Waals surface area (Å²) in [6.07, 6.45) is 0. The summed E-state index contributed by atoms with van der Waals surface area (Å²) in [7, 11) is 2.83. The fraction of sp³-hybridized carbons (Fsp3) is 0.263. The zero-order valence-electron chi connectivity index (χ0n) is 16.0. The quantitative estimate of drug-likeness (QED) is 0.267. The van der Waals surface area contributed by atoms with Gasteiger partial charge in [0.1, 0.15) is 17.1 Å². The molecule has 0 aliphatic rings. The second-order valence-electron chi connectivity index (χ2n) is 5.69. The van der Waals surface area contributed by atoms with E-state index >= 15 is 0 Å². The van der Waals surface area contributed by atoms with Crippen LogP contribution in [0, 0.1) is 10.1 Å². The highest BCUT2D eigenvalue weighted by atomic mass is 16.6. The van der Waals surface area contributed by atoms with E-state index in [0.29, 0.717) is 12.2 Å². The van der Waals surface area contributed by atoms with Gasteiger partial charge in [-0.2, -0.15) is 0 Å². The molecule has 0 saturated heterocycles. The molecule has 0 radical (unpaired) electrons. The molecule has 29 heavy (non-hydrogen) atoms. The first kappa shape index (κ1) is 21.5. The number of carbonyl (C=O) groups is 2. The van der Waals surface area contributed by atoms with Crippen molar-refractivity contribution in [3.63, 3.8) is 0 Å². The molecule has 1 amide bonds. The molecule has 0 bridgehead atoms. The number of ether oxygens (including phenoxy) is 3. The number of benzene rings is 2. The van der Waals surface area contributed by atoms with Gasteiger partial charge in [0.15, 0.2) is 6.61 Å². The Morgan fingerprint density at radius 1 is 1.00 bits per heavy atom. The van der Waals surface area contributed by atoms with Gasteiger partial charge in [-0.1, -0.05) is 6.07 Å². The molecule has 0 aliphatic carbocycles. The van der Waals surface area contributed by atoms with Crippen LogP contribution in [0.3, 0.4) is 0 Å². The van der Waals surface area contributed by atoms with Crippen molar-refractivity contribution >= 4 is 23.3 Å². The average Bonchev–Trinajstić information content (AvgIpc) is 2.74. The minimum Gasteiger partial charge on any atom is -0.496 e. The summed E-state index contributed by atoms with van der Waals surface area (Å²) in [5.41, 5.74) is 0.780. The Balaban J connectivity index is 1.76. The zero-order valence-corrected chi connectivity index (χ0v) is 16.0. The number of rotatable bonds is 10. The fourth-order valence-corrected chi connectivity index (χ4v) is 2.42. The molecule has 0 heterocycles. The van der Waals surface area contributed by atoms with Gasteiger partial charge in [0, 0.05) is 30.9 Å². The molecular weight excluding hydrogens is 382 g/mol. The van der Waals surface area contributed by atoms with Crippen LogP contribution in [0.1, 0.15) is 10.4 Å². The van der Waals surface area contributed by atoms with Crippen LogP contribution in [0.25, 0.3) is 0 Å². The number of esters is 1. The number of methoxy groups -OCH3 is 2. The van der Waals surface area contributed by atoms with E-state index in [1.165, 1.54) is 26.4 Å². The molecule has 2 aromatic rings. The van der Waals surface area contributed by atoms with Crippen molar-refractivity contribution < 1.29 is 28.7 Å². The third-order valence-corrected chi connectivity index (χ3v) is 3.82. The summed E-state index contributed by atoms with van der Waals surface area (Å²) in [5.74, 6) is -0.653. The van der Waals surface area contributed by atoms with Crippen LogP contribution in [0.4, 0.5) is 11.4 Å². The second kappa shape index (κ2) is 10.5. The van der Waals surface area contributed by atoms with Crippen molar-refractivity contribution in [2.45, 2.75) is 0 Å². The minimum absolute atomic E-state index is 0.00246. The Morgan fingerprint density at radius 2 is 1.62 bits per heavy atom. The fourth-order valence-electron chi connectivity index (χ4n) is 2.42. The SMILES string of the molecule is COc1cccc(OC)c1C(=O)OCC(=O)NCCNc1ccc([N+](=O)[O-])cc1. The molecule has 0 saturated carbocycles. The van der Waals surface area contributed by atoms with Crippen molar-refractivity contribution in [3.05, 3.63) is 58.1 Å². The topological polar surface area (TPSA) is 129 Å². The monoisotopic (exact) mass is 403 g/mol. The van der Waals surface area contributed by atoms with Crippen molar-refractivity contribution in [1.29, 1.82) is 0 Å². The standard InChI is InChI=1S/C19H21N3O7/c1-27-15-4-3-5-16(28-2)18(15)19(24)29-12-17(23)21-11-10-20-13-6-8-14(9-7-13)22(25)26/h3-9,20H,10-12H2,1-2H3,(H,21,23). The van der Waals surface area contributed by atoms with Crippen LogP contribution in [0.15, 0.2) is 42.5 Å². The number of nitrogens with zero attached hydrogens (tertiary/aromatic N) is 1. The lowest BCUT2D eigenvalue weighted by Gasteiger charge is -2.12. The number of hydrogen-bond donors (Lipinski definition) is 2. The molecule has 0 aromatic heterocycles. The number of anilines is 1. The maximum absolute atomic E-state index is 12.3. The third kappa shape index (κ3) is 6.09. The van der Waals surface area contributed by atoms with Gasteiger partial charge >= 0.3 is 5.97 Å². The number of amides is 1. The Hall–Kier alpha value is -3.82. The first-order chi connectivity index (χ1) is 14.0. The van der Waals surface area contributed by atoms with Gasteiger partial charge in [0.05, 0.1) is 19.1 Å². The van der Waals surface area contributed by atoms with E-state index in [1.54, 1.807) is 30.3 Å². The number of nitro groups is 1. The molecule has 0 aliphatic heterocycles. The number of nitrogens with one attached hydrogen (secondary N) is 2. The van der Waals surface area contributed by atoms with Crippen LogP contribution < -0.4 is 20.1 Å². The molecule has 10 heteroatoms. The van der Waals surface area contributed by atoms with E-state index < -0.39 is 23.4 Å². The predicted octanol–water partition coefficient (Wildman–Crippen LogP) is 2.00. The summed E-state index contributed by atoms with van der Waals surface area (Å²) in [6.45, 7) is 0.195. The molecule has 10 nitrogen and oxygen atoms in total. The molecule has 2 aromatic carbocycles. The van der Waals surface area contributed by atoms with E-state index in [0.717, 1.165) is 0 Å². The van der Waals surface area contributed by atoms with Crippen molar-refractivity contribution in [2.24, 2.45) is 0 Å². The van der Waals surface area contributed by atoms with Crippen LogP contribution in [0.5, 0.6) is 11.5 Å². The molecule has 0 atom stereocenters. The van der Waals surface area contributed by atoms with Gasteiger partial charge in [-0.3, -0.25) is 14.9 Å². The number of hydrogen-bond acceptors (Lipinski definition) is 8. The Kier molecular flexibility index (Phi) is 7.78. The van der Waals surface area contributed by atoms with Crippen molar-refractivity contribution in [2.75, 3.05) is 39.2 Å². The first-order valence-electron chi connectivity index (χ1n) is 8.59. The van der Waals surface area contributed by atoms with Crippen molar-refractivity contribution in [1.82, 2.24) is 5.32 Å². The average molecular weight is 403 g/mol. The third-order valence-electron chi connectivity index (χ3n) is 3.82. The van der Waals surface area contributed by atoms with Crippen LogP contribution in [-0.2, 0) is 9.53 Å². The second-order valence-corrected chi connectivity index (χ2v) is 5.69. The highest BCUT2D eigenvalue weighted by molar-refractivity contribution is 5.96. The number of carbonyl (C=O) groups excluding carboxylic acids is 2. The van der Waals surface area contributed by atoms with Crippen LogP contribution in [0.2, 0.25) is 0 Å². The predicted molar refractivity (Wildman–Crippen MR) is 104 cm³/mol. The van der Waals surface area contributed by atoms with E-state index in [9.17, 15) is 19.7 Å². The Labute approximate surface area is 166 Å². The minimum atomic E-state index is -0.738. The van der Waals surface area contributed by atoms with Gasteiger partial charge in [-0.05, 0) is 24.3 Å². The summed E-state index contributed by atoms with van der Waals surface area (Å²) in [6, 6.07) is 10.7. The molecule has 2 N–H and O–H groups in total. The van der Waals surface area contributed by atoms with Crippen LogP contribution >= 0.6 is 0 Å². The summed E-state index contributed by atoms with van der Waals surface area (Å²) >= 11 is 0. The Morgan fingerprint density at radius 3 is 2.17 bits per heavy atom. The lowest BCUT2D eigenvalue weighted by atomic mass is 10.2. The highest BCUT2D eigenvalue weighted by Gasteiger charge is 2.20. The largest absolute Gasteiger partial charge is 0.496 e. The summed E-state index contributed by atoms with van der Waals surface area (Å²) in [5, 5.41) is 16.2. The molecule has 0 spiro atoms. The highest BCUT2D eigenvalue weighted by Crippen LogP contribution is 2.28. The zero-order chi connectivity index (χ0) is 21.2. The number of non-ortho nitro benzene ring substituents is 1. The molecular formula is C19H21N3O7. The molecule has 0 unspecified atom stereocenters. The molecule has 154 valence electrons.